The van der Waals surface area contributed by atoms with Crippen LogP contribution < -0.4 is 5.48 Å². The number of hydrogen-bond acceptors (Lipinski definition) is 3. The van der Waals surface area contributed by atoms with Gasteiger partial charge in [0.1, 0.15) is 0 Å². The average Bonchev–Trinajstić information content (AvgIpc) is 2.43. The van der Waals surface area contributed by atoms with E-state index in [-0.39, 0.29) is 5.56 Å². The molecule has 0 aliphatic heterocycles. The normalized spacial score (nSPS) is 10.3. The first-order valence-electron chi connectivity index (χ1n) is 6.02. The molecule has 0 saturated heterocycles. The molecule has 0 heterocycles. The number of rotatable bonds is 5. The van der Waals surface area contributed by atoms with E-state index >= 15 is 0 Å². The number of aryl methyl sites for hydroxylation is 1. The largest absolute Gasteiger partial charge is 0.478 e. The SMILES string of the molecule is Cc1ccc(Cl)cc1NOCc1ccc(C(=O)O)cc1. The first kappa shape index (κ1) is 14.4. The fourth-order valence-corrected chi connectivity index (χ4v) is 1.82. The van der Waals surface area contributed by atoms with Gasteiger partial charge in [0, 0.05) is 5.02 Å². The van der Waals surface area contributed by atoms with Crippen LogP contribution in [0.3, 0.4) is 0 Å². The molecule has 2 N–H and O–H groups in total. The summed E-state index contributed by atoms with van der Waals surface area (Å²) in [6.07, 6.45) is 0. The van der Waals surface area contributed by atoms with Crippen molar-refractivity contribution in [3.8, 4) is 0 Å². The smallest absolute Gasteiger partial charge is 0.335 e. The molecule has 0 amide bonds. The van der Waals surface area contributed by atoms with E-state index in [2.05, 4.69) is 5.48 Å². The van der Waals surface area contributed by atoms with Crippen LogP contribution in [-0.4, -0.2) is 11.1 Å². The maximum Gasteiger partial charge on any atom is 0.335 e. The highest BCUT2D eigenvalue weighted by Gasteiger charge is 2.03. The van der Waals surface area contributed by atoms with Crippen LogP contribution in [0.1, 0.15) is 21.5 Å². The van der Waals surface area contributed by atoms with Crippen molar-refractivity contribution in [2.75, 3.05) is 5.48 Å². The van der Waals surface area contributed by atoms with Crippen LogP contribution in [0.5, 0.6) is 0 Å². The maximum absolute atomic E-state index is 10.7. The van der Waals surface area contributed by atoms with Gasteiger partial charge in [0.25, 0.3) is 0 Å². The minimum absolute atomic E-state index is 0.257. The fourth-order valence-electron chi connectivity index (χ4n) is 1.64. The Kier molecular flexibility index (Phi) is 4.61. The average molecular weight is 292 g/mol. The summed E-state index contributed by atoms with van der Waals surface area (Å²) < 4.78 is 0. The van der Waals surface area contributed by atoms with Crippen LogP contribution >= 0.6 is 11.6 Å². The zero-order valence-electron chi connectivity index (χ0n) is 10.9. The Morgan fingerprint density at radius 1 is 1.25 bits per heavy atom. The molecule has 2 aromatic carbocycles. The van der Waals surface area contributed by atoms with Gasteiger partial charge in [-0.15, -0.1) is 0 Å². The molecular weight excluding hydrogens is 278 g/mol. The molecule has 0 radical (unpaired) electrons. The van der Waals surface area contributed by atoms with Gasteiger partial charge >= 0.3 is 5.97 Å². The Labute approximate surface area is 121 Å². The molecule has 0 aliphatic carbocycles. The van der Waals surface area contributed by atoms with Crippen molar-refractivity contribution < 1.29 is 14.7 Å². The van der Waals surface area contributed by atoms with Gasteiger partial charge in [-0.25, -0.2) is 4.79 Å². The number of carboxylic acids is 1. The van der Waals surface area contributed by atoms with Crippen molar-refractivity contribution in [3.05, 3.63) is 64.2 Å². The van der Waals surface area contributed by atoms with Gasteiger partial charge in [-0.1, -0.05) is 29.8 Å². The van der Waals surface area contributed by atoms with E-state index in [0.29, 0.717) is 11.6 Å². The van der Waals surface area contributed by atoms with Gasteiger partial charge in [-0.3, -0.25) is 10.3 Å². The van der Waals surface area contributed by atoms with E-state index in [1.54, 1.807) is 30.3 Å². The maximum atomic E-state index is 10.7. The van der Waals surface area contributed by atoms with E-state index in [0.717, 1.165) is 16.8 Å². The monoisotopic (exact) mass is 291 g/mol. The van der Waals surface area contributed by atoms with Gasteiger partial charge in [-0.05, 0) is 42.3 Å². The van der Waals surface area contributed by atoms with Crippen LogP contribution in [0.4, 0.5) is 5.69 Å². The third-order valence-electron chi connectivity index (χ3n) is 2.82. The molecule has 0 unspecified atom stereocenters. The molecule has 0 atom stereocenters. The highest BCUT2D eigenvalue weighted by Crippen LogP contribution is 2.20. The van der Waals surface area contributed by atoms with E-state index in [1.807, 2.05) is 19.1 Å². The van der Waals surface area contributed by atoms with Crippen molar-refractivity contribution in [2.45, 2.75) is 13.5 Å². The molecule has 2 aromatic rings. The van der Waals surface area contributed by atoms with Gasteiger partial charge in [-0.2, -0.15) is 0 Å². The van der Waals surface area contributed by atoms with Crippen LogP contribution in [0.15, 0.2) is 42.5 Å². The van der Waals surface area contributed by atoms with Crippen LogP contribution in [0.2, 0.25) is 5.02 Å². The predicted molar refractivity (Wildman–Crippen MR) is 78.0 cm³/mol. The summed E-state index contributed by atoms with van der Waals surface area (Å²) in [4.78, 5) is 16.1. The predicted octanol–water partition coefficient (Wildman–Crippen LogP) is 3.89. The first-order chi connectivity index (χ1) is 9.56. The lowest BCUT2D eigenvalue weighted by Gasteiger charge is -2.10. The third kappa shape index (κ3) is 3.73. The second-order valence-corrected chi connectivity index (χ2v) is 4.79. The second kappa shape index (κ2) is 6.41. The molecule has 0 fully saturated rings. The number of carboxylic acid groups (broad SMARTS) is 1. The Bertz CT molecular complexity index is 611. The van der Waals surface area contributed by atoms with Crippen LogP contribution in [0, 0.1) is 6.92 Å². The van der Waals surface area contributed by atoms with E-state index in [1.165, 1.54) is 0 Å². The molecule has 5 heteroatoms. The van der Waals surface area contributed by atoms with Crippen LogP contribution in [-0.2, 0) is 11.4 Å². The number of benzene rings is 2. The molecule has 0 aliphatic rings. The molecular formula is C15H14ClNO3. The highest BCUT2D eigenvalue weighted by molar-refractivity contribution is 6.30. The lowest BCUT2D eigenvalue weighted by Crippen LogP contribution is -2.03. The van der Waals surface area contributed by atoms with Gasteiger partial charge < -0.3 is 5.11 Å². The molecule has 2 rings (SSSR count). The Hall–Kier alpha value is -2.04. The summed E-state index contributed by atoms with van der Waals surface area (Å²) in [5.41, 5.74) is 5.80. The Morgan fingerprint density at radius 3 is 2.60 bits per heavy atom. The number of aromatic carboxylic acids is 1. The molecule has 0 bridgehead atoms. The molecule has 0 spiro atoms. The lowest BCUT2D eigenvalue weighted by molar-refractivity contribution is 0.0697. The molecule has 0 aromatic heterocycles. The summed E-state index contributed by atoms with van der Waals surface area (Å²) >= 11 is 5.91. The number of hydrogen-bond donors (Lipinski definition) is 2. The number of carbonyl (C=O) groups is 1. The first-order valence-corrected chi connectivity index (χ1v) is 6.40. The second-order valence-electron chi connectivity index (χ2n) is 4.35. The molecule has 20 heavy (non-hydrogen) atoms. The van der Waals surface area contributed by atoms with E-state index in [4.69, 9.17) is 21.5 Å². The van der Waals surface area contributed by atoms with Crippen molar-refractivity contribution in [3.63, 3.8) is 0 Å². The number of halogens is 1. The van der Waals surface area contributed by atoms with Crippen molar-refractivity contribution in [1.82, 2.24) is 0 Å². The Morgan fingerprint density at radius 2 is 1.95 bits per heavy atom. The molecule has 4 nitrogen and oxygen atoms in total. The molecule has 104 valence electrons. The Balaban J connectivity index is 1.92. The number of nitrogens with one attached hydrogen (secondary N) is 1. The topological polar surface area (TPSA) is 58.6 Å². The lowest BCUT2D eigenvalue weighted by atomic mass is 10.1. The third-order valence-corrected chi connectivity index (χ3v) is 3.06. The standard InChI is InChI=1S/C15H14ClNO3/c1-10-2-7-13(16)8-14(10)17-20-9-11-3-5-12(6-4-11)15(18)19/h2-8,17H,9H2,1H3,(H,18,19). The van der Waals surface area contributed by atoms with Gasteiger partial charge in [0.15, 0.2) is 0 Å². The quantitative estimate of drug-likeness (QED) is 0.821. The van der Waals surface area contributed by atoms with Gasteiger partial charge in [0.2, 0.25) is 0 Å². The van der Waals surface area contributed by atoms with Crippen molar-refractivity contribution in [2.24, 2.45) is 0 Å². The minimum Gasteiger partial charge on any atom is -0.478 e. The summed E-state index contributed by atoms with van der Waals surface area (Å²) in [5, 5.41) is 9.43. The zero-order valence-corrected chi connectivity index (χ0v) is 11.6. The van der Waals surface area contributed by atoms with E-state index < -0.39 is 5.97 Å². The molecule has 0 saturated carbocycles. The number of anilines is 1. The summed E-state index contributed by atoms with van der Waals surface area (Å²) in [7, 11) is 0. The van der Waals surface area contributed by atoms with Crippen molar-refractivity contribution in [1.29, 1.82) is 0 Å². The summed E-state index contributed by atoms with van der Waals surface area (Å²) in [6.45, 7) is 2.27. The zero-order chi connectivity index (χ0) is 14.5. The van der Waals surface area contributed by atoms with Crippen LogP contribution in [0.25, 0.3) is 0 Å². The van der Waals surface area contributed by atoms with E-state index in [9.17, 15) is 4.79 Å². The summed E-state index contributed by atoms with van der Waals surface area (Å²) in [6, 6.07) is 12.0. The fraction of sp³-hybridized carbons (Fsp3) is 0.133. The van der Waals surface area contributed by atoms with Gasteiger partial charge in [0.05, 0.1) is 17.9 Å². The minimum atomic E-state index is -0.940. The van der Waals surface area contributed by atoms with Crippen molar-refractivity contribution >= 4 is 23.3 Å². The highest BCUT2D eigenvalue weighted by atomic mass is 35.5. The summed E-state index contributed by atoms with van der Waals surface area (Å²) in [5.74, 6) is -0.940.